The van der Waals surface area contributed by atoms with Crippen LogP contribution in [0.4, 0.5) is 17.6 Å². The number of carbonyl (C=O) groups excluding carboxylic acids is 1. The van der Waals surface area contributed by atoms with Crippen LogP contribution in [0.25, 0.3) is 0 Å². The summed E-state index contributed by atoms with van der Waals surface area (Å²) in [5.74, 6) is -2.38. The molecule has 19 heavy (non-hydrogen) atoms. The smallest absolute Gasteiger partial charge is 0.288 e. The Morgan fingerprint density at radius 2 is 1.84 bits per heavy atom. The number of alkyl halides is 3. The first kappa shape index (κ1) is 14.0. The number of thiophene rings is 1. The molecule has 0 fully saturated rings. The van der Waals surface area contributed by atoms with E-state index in [0.29, 0.717) is 10.4 Å². The molecule has 2 rings (SSSR count). The second kappa shape index (κ2) is 4.94. The van der Waals surface area contributed by atoms with Gasteiger partial charge >= 0.3 is 6.18 Å². The third-order valence-electron chi connectivity index (χ3n) is 2.35. The highest BCUT2D eigenvalue weighted by atomic mass is 35.5. The lowest BCUT2D eigenvalue weighted by Gasteiger charge is -2.09. The Kier molecular flexibility index (Phi) is 3.64. The summed E-state index contributed by atoms with van der Waals surface area (Å²) in [4.78, 5) is 12.0. The van der Waals surface area contributed by atoms with Gasteiger partial charge in [-0.05, 0) is 24.3 Å². The molecule has 1 nitrogen and oxygen atoms in total. The molecule has 0 N–H and O–H groups in total. The lowest BCUT2D eigenvalue weighted by Crippen LogP contribution is -2.12. The Morgan fingerprint density at radius 3 is 2.37 bits per heavy atom. The molecule has 0 amide bonds. The zero-order valence-electron chi connectivity index (χ0n) is 9.09. The van der Waals surface area contributed by atoms with Crippen LogP contribution in [0, 0.1) is 5.82 Å². The lowest BCUT2D eigenvalue weighted by atomic mass is 10.0. The molecule has 7 heteroatoms. The van der Waals surface area contributed by atoms with Crippen molar-refractivity contribution in [1.29, 1.82) is 0 Å². The average molecular weight is 309 g/mol. The Hall–Kier alpha value is -1.40. The molecular weight excluding hydrogens is 304 g/mol. The minimum absolute atomic E-state index is 0.0863. The number of rotatable bonds is 2. The van der Waals surface area contributed by atoms with Gasteiger partial charge in [-0.2, -0.15) is 13.2 Å². The van der Waals surface area contributed by atoms with E-state index < -0.39 is 28.9 Å². The number of carbonyl (C=O) groups is 1. The van der Waals surface area contributed by atoms with Gasteiger partial charge in [-0.15, -0.1) is 11.3 Å². The lowest BCUT2D eigenvalue weighted by molar-refractivity contribution is -0.140. The quantitative estimate of drug-likeness (QED) is 0.576. The first-order valence-corrected chi connectivity index (χ1v) is 6.16. The van der Waals surface area contributed by atoms with Crippen LogP contribution in [-0.2, 0) is 6.18 Å². The van der Waals surface area contributed by atoms with Gasteiger partial charge in [-0.3, -0.25) is 4.79 Å². The highest BCUT2D eigenvalue weighted by Crippen LogP contribution is 2.33. The second-order valence-corrected chi connectivity index (χ2v) is 5.31. The van der Waals surface area contributed by atoms with Crippen molar-refractivity contribution >= 4 is 28.7 Å². The maximum atomic E-state index is 13.7. The summed E-state index contributed by atoms with van der Waals surface area (Å²) < 4.78 is 51.6. The summed E-state index contributed by atoms with van der Waals surface area (Å²) in [6.07, 6.45) is -4.84. The maximum absolute atomic E-state index is 13.7. The molecule has 0 aliphatic heterocycles. The fourth-order valence-electron chi connectivity index (χ4n) is 1.50. The van der Waals surface area contributed by atoms with Gasteiger partial charge in [0.05, 0.1) is 20.3 Å². The SMILES string of the molecule is O=C(c1ccc(Cl)s1)c1cccc(C(F)(F)F)c1F. The van der Waals surface area contributed by atoms with E-state index >= 15 is 0 Å². The van der Waals surface area contributed by atoms with Crippen molar-refractivity contribution in [2.45, 2.75) is 6.18 Å². The summed E-state index contributed by atoms with van der Waals surface area (Å²) in [5.41, 5.74) is -2.07. The standard InChI is InChI=1S/C12H5ClF4OS/c13-9-5-4-8(19-9)11(18)6-2-1-3-7(10(6)14)12(15,16)17/h1-5H. The van der Waals surface area contributed by atoms with Crippen LogP contribution in [0.15, 0.2) is 30.3 Å². The van der Waals surface area contributed by atoms with E-state index in [4.69, 9.17) is 11.6 Å². The maximum Gasteiger partial charge on any atom is 0.419 e. The van der Waals surface area contributed by atoms with Gasteiger partial charge in [0.15, 0.2) is 0 Å². The van der Waals surface area contributed by atoms with Crippen molar-refractivity contribution in [3.63, 3.8) is 0 Å². The van der Waals surface area contributed by atoms with Gasteiger partial charge in [0.2, 0.25) is 5.78 Å². The molecule has 2 aromatic rings. The van der Waals surface area contributed by atoms with E-state index in [1.54, 1.807) is 0 Å². The van der Waals surface area contributed by atoms with Crippen LogP contribution in [0.2, 0.25) is 4.34 Å². The van der Waals surface area contributed by atoms with E-state index in [2.05, 4.69) is 0 Å². The van der Waals surface area contributed by atoms with Crippen molar-refractivity contribution in [1.82, 2.24) is 0 Å². The van der Waals surface area contributed by atoms with E-state index in [9.17, 15) is 22.4 Å². The first-order chi connectivity index (χ1) is 8.80. The van der Waals surface area contributed by atoms with Crippen LogP contribution < -0.4 is 0 Å². The molecule has 0 spiro atoms. The molecule has 0 unspecified atom stereocenters. The van der Waals surface area contributed by atoms with Crippen molar-refractivity contribution in [2.24, 2.45) is 0 Å². The van der Waals surface area contributed by atoms with Gasteiger partial charge in [0.25, 0.3) is 0 Å². The van der Waals surface area contributed by atoms with E-state index in [-0.39, 0.29) is 4.88 Å². The molecule has 0 bridgehead atoms. The number of benzene rings is 1. The van der Waals surface area contributed by atoms with Crippen LogP contribution in [0.3, 0.4) is 0 Å². The Morgan fingerprint density at radius 1 is 1.16 bits per heavy atom. The summed E-state index contributed by atoms with van der Waals surface area (Å²) >= 11 is 6.51. The van der Waals surface area contributed by atoms with Gasteiger partial charge < -0.3 is 0 Å². The van der Waals surface area contributed by atoms with Crippen molar-refractivity contribution in [2.75, 3.05) is 0 Å². The highest BCUT2D eigenvalue weighted by Gasteiger charge is 2.35. The molecule has 1 aromatic heterocycles. The average Bonchev–Trinajstić information content (AvgIpc) is 2.74. The Labute approximate surface area is 114 Å². The molecule has 0 radical (unpaired) electrons. The largest absolute Gasteiger partial charge is 0.419 e. The molecular formula is C12H5ClF4OS. The Balaban J connectivity index is 2.49. The first-order valence-electron chi connectivity index (χ1n) is 4.96. The third kappa shape index (κ3) is 2.79. The van der Waals surface area contributed by atoms with Gasteiger partial charge in [-0.1, -0.05) is 17.7 Å². The van der Waals surface area contributed by atoms with Crippen molar-refractivity contribution in [3.8, 4) is 0 Å². The van der Waals surface area contributed by atoms with Crippen LogP contribution in [0.1, 0.15) is 20.8 Å². The molecule has 0 saturated carbocycles. The fraction of sp³-hybridized carbons (Fsp3) is 0.0833. The number of hydrogen-bond acceptors (Lipinski definition) is 2. The topological polar surface area (TPSA) is 17.1 Å². The Bertz CT molecular complexity index is 633. The fourth-order valence-corrected chi connectivity index (χ4v) is 2.49. The predicted octanol–water partition coefficient (Wildman–Crippen LogP) is 4.79. The summed E-state index contributed by atoms with van der Waals surface area (Å²) in [6.45, 7) is 0. The van der Waals surface area contributed by atoms with Crippen LogP contribution >= 0.6 is 22.9 Å². The van der Waals surface area contributed by atoms with E-state index in [0.717, 1.165) is 23.5 Å². The van der Waals surface area contributed by atoms with Crippen LogP contribution in [0.5, 0.6) is 0 Å². The van der Waals surface area contributed by atoms with Crippen LogP contribution in [-0.4, -0.2) is 5.78 Å². The second-order valence-electron chi connectivity index (χ2n) is 3.60. The van der Waals surface area contributed by atoms with E-state index in [1.165, 1.54) is 12.1 Å². The number of ketones is 1. The predicted molar refractivity (Wildman–Crippen MR) is 64.2 cm³/mol. The van der Waals surface area contributed by atoms with Crippen molar-refractivity contribution < 1.29 is 22.4 Å². The zero-order chi connectivity index (χ0) is 14.2. The number of halogens is 5. The molecule has 100 valence electrons. The molecule has 0 aliphatic rings. The highest BCUT2D eigenvalue weighted by molar-refractivity contribution is 7.18. The summed E-state index contributed by atoms with van der Waals surface area (Å²) in [6, 6.07) is 5.36. The van der Waals surface area contributed by atoms with E-state index in [1.807, 2.05) is 0 Å². The van der Waals surface area contributed by atoms with Gasteiger partial charge in [0.1, 0.15) is 5.82 Å². The third-order valence-corrected chi connectivity index (χ3v) is 3.58. The molecule has 0 saturated heterocycles. The van der Waals surface area contributed by atoms with Crippen molar-refractivity contribution in [3.05, 3.63) is 56.5 Å². The molecule has 0 aliphatic carbocycles. The molecule has 1 aromatic carbocycles. The monoisotopic (exact) mass is 308 g/mol. The summed E-state index contributed by atoms with van der Waals surface area (Å²) in [5, 5.41) is 0. The molecule has 1 heterocycles. The minimum Gasteiger partial charge on any atom is -0.288 e. The number of hydrogen-bond donors (Lipinski definition) is 0. The minimum atomic E-state index is -4.84. The molecule has 0 atom stereocenters. The summed E-state index contributed by atoms with van der Waals surface area (Å²) in [7, 11) is 0. The van der Waals surface area contributed by atoms with Gasteiger partial charge in [-0.25, -0.2) is 4.39 Å². The normalized spacial score (nSPS) is 11.6. The zero-order valence-corrected chi connectivity index (χ0v) is 10.7. The van der Waals surface area contributed by atoms with Gasteiger partial charge in [0, 0.05) is 0 Å².